The van der Waals surface area contributed by atoms with Crippen LogP contribution in [0.1, 0.15) is 25.0 Å². The van der Waals surface area contributed by atoms with Crippen molar-refractivity contribution >= 4 is 6.09 Å². The summed E-state index contributed by atoms with van der Waals surface area (Å²) in [5.74, 6) is 0.848. The maximum absolute atomic E-state index is 11.1. The van der Waals surface area contributed by atoms with Crippen molar-refractivity contribution in [1.82, 2.24) is 5.32 Å². The van der Waals surface area contributed by atoms with Gasteiger partial charge in [0.2, 0.25) is 0 Å². The van der Waals surface area contributed by atoms with Crippen LogP contribution in [0, 0.1) is 6.92 Å². The number of carbonyl (C=O) groups excluding carboxylic acids is 1. The standard InChI is InChI=1S/C11H11NO3.C2H6/c1-7-2-3-8-9(4-7)14-5-11(8)6-15-10(13)12-11;1-2/h2-4H,5-6H2,1H3,(H,12,13);1-2H3. The molecule has 0 bridgehead atoms. The molecule has 0 aromatic heterocycles. The minimum absolute atomic E-state index is 0.349. The predicted molar refractivity (Wildman–Crippen MR) is 64.2 cm³/mol. The van der Waals surface area contributed by atoms with Crippen molar-refractivity contribution in [2.45, 2.75) is 26.3 Å². The Morgan fingerprint density at radius 1 is 1.24 bits per heavy atom. The average molecular weight is 235 g/mol. The van der Waals surface area contributed by atoms with Crippen LogP contribution < -0.4 is 10.1 Å². The number of fused-ring (bicyclic) bond motifs is 2. The first kappa shape index (κ1) is 11.8. The number of aryl methyl sites for hydroxylation is 1. The van der Waals surface area contributed by atoms with Crippen LogP contribution in [0.3, 0.4) is 0 Å². The monoisotopic (exact) mass is 235 g/mol. The van der Waals surface area contributed by atoms with E-state index in [4.69, 9.17) is 9.47 Å². The summed E-state index contributed by atoms with van der Waals surface area (Å²) in [6, 6.07) is 5.99. The molecule has 2 aliphatic heterocycles. The van der Waals surface area contributed by atoms with Gasteiger partial charge in [-0.15, -0.1) is 0 Å². The van der Waals surface area contributed by atoms with E-state index in [-0.39, 0.29) is 6.09 Å². The Labute approximate surface area is 101 Å². The third-order valence-electron chi connectivity index (χ3n) is 2.92. The molecule has 1 saturated heterocycles. The molecule has 4 heteroatoms. The molecule has 1 N–H and O–H groups in total. The topological polar surface area (TPSA) is 47.6 Å². The lowest BCUT2D eigenvalue weighted by atomic mass is 9.93. The first-order valence-corrected chi connectivity index (χ1v) is 5.88. The zero-order valence-corrected chi connectivity index (χ0v) is 10.4. The maximum atomic E-state index is 11.1. The highest BCUT2D eigenvalue weighted by Gasteiger charge is 2.47. The zero-order valence-electron chi connectivity index (χ0n) is 10.4. The predicted octanol–water partition coefficient (Wildman–Crippen LogP) is 2.35. The van der Waals surface area contributed by atoms with Gasteiger partial charge < -0.3 is 14.8 Å². The van der Waals surface area contributed by atoms with Gasteiger partial charge in [0.1, 0.15) is 24.5 Å². The van der Waals surface area contributed by atoms with Crippen LogP contribution in [0.5, 0.6) is 5.75 Å². The molecule has 2 heterocycles. The smallest absolute Gasteiger partial charge is 0.408 e. The Bertz CT molecular complexity index is 444. The maximum Gasteiger partial charge on any atom is 0.408 e. The van der Waals surface area contributed by atoms with Crippen molar-refractivity contribution in [2.24, 2.45) is 0 Å². The molecule has 1 unspecified atom stereocenters. The minimum atomic E-state index is -0.458. The van der Waals surface area contributed by atoms with Crippen molar-refractivity contribution in [2.75, 3.05) is 13.2 Å². The van der Waals surface area contributed by atoms with E-state index >= 15 is 0 Å². The number of hydrogen-bond donors (Lipinski definition) is 1. The summed E-state index contributed by atoms with van der Waals surface area (Å²) >= 11 is 0. The van der Waals surface area contributed by atoms with Crippen molar-refractivity contribution in [3.8, 4) is 5.75 Å². The van der Waals surface area contributed by atoms with Crippen LogP contribution in [0.4, 0.5) is 4.79 Å². The number of amides is 1. The van der Waals surface area contributed by atoms with E-state index in [0.29, 0.717) is 13.2 Å². The largest absolute Gasteiger partial charge is 0.490 e. The van der Waals surface area contributed by atoms with Gasteiger partial charge in [-0.3, -0.25) is 0 Å². The number of benzene rings is 1. The van der Waals surface area contributed by atoms with Gasteiger partial charge in [-0.2, -0.15) is 0 Å². The van der Waals surface area contributed by atoms with Crippen molar-refractivity contribution in [3.63, 3.8) is 0 Å². The van der Waals surface area contributed by atoms with Gasteiger partial charge in [-0.25, -0.2) is 4.79 Å². The second-order valence-electron chi connectivity index (χ2n) is 4.07. The fourth-order valence-electron chi connectivity index (χ4n) is 2.10. The second-order valence-corrected chi connectivity index (χ2v) is 4.07. The molecule has 1 aromatic rings. The van der Waals surface area contributed by atoms with Crippen LogP contribution >= 0.6 is 0 Å². The highest BCUT2D eigenvalue weighted by Crippen LogP contribution is 2.39. The molecular weight excluding hydrogens is 218 g/mol. The van der Waals surface area contributed by atoms with Gasteiger partial charge in [-0.05, 0) is 18.6 Å². The number of rotatable bonds is 0. The Hall–Kier alpha value is -1.71. The van der Waals surface area contributed by atoms with Gasteiger partial charge in [-0.1, -0.05) is 26.0 Å². The number of cyclic esters (lactones) is 1. The highest BCUT2D eigenvalue weighted by molar-refractivity contribution is 5.72. The van der Waals surface area contributed by atoms with E-state index in [0.717, 1.165) is 16.9 Å². The molecule has 0 aliphatic carbocycles. The molecule has 92 valence electrons. The number of carbonyl (C=O) groups is 1. The molecule has 2 aliphatic rings. The van der Waals surface area contributed by atoms with E-state index in [1.54, 1.807) is 0 Å². The molecule has 3 rings (SSSR count). The SMILES string of the molecule is CC.Cc1ccc2c(c1)OCC21COC(=O)N1. The molecule has 1 fully saturated rings. The van der Waals surface area contributed by atoms with Gasteiger partial charge in [0.25, 0.3) is 0 Å². The van der Waals surface area contributed by atoms with E-state index < -0.39 is 5.54 Å². The van der Waals surface area contributed by atoms with E-state index in [1.165, 1.54) is 0 Å². The molecule has 0 saturated carbocycles. The molecule has 0 radical (unpaired) electrons. The van der Waals surface area contributed by atoms with Crippen LogP contribution in [0.25, 0.3) is 0 Å². The summed E-state index contributed by atoms with van der Waals surface area (Å²) < 4.78 is 10.5. The molecule has 1 amide bonds. The lowest BCUT2D eigenvalue weighted by Crippen LogP contribution is -2.41. The number of nitrogens with one attached hydrogen (secondary N) is 1. The lowest BCUT2D eigenvalue weighted by Gasteiger charge is -2.17. The lowest BCUT2D eigenvalue weighted by molar-refractivity contribution is 0.167. The molecule has 1 atom stereocenters. The first-order valence-electron chi connectivity index (χ1n) is 5.88. The Morgan fingerprint density at radius 3 is 2.59 bits per heavy atom. The van der Waals surface area contributed by atoms with Gasteiger partial charge in [0, 0.05) is 5.56 Å². The third kappa shape index (κ3) is 1.84. The summed E-state index contributed by atoms with van der Waals surface area (Å²) in [5, 5.41) is 2.82. The normalized spacial score (nSPS) is 24.3. The minimum Gasteiger partial charge on any atom is -0.490 e. The van der Waals surface area contributed by atoms with E-state index in [2.05, 4.69) is 5.32 Å². The summed E-state index contributed by atoms with van der Waals surface area (Å²) in [4.78, 5) is 11.1. The third-order valence-corrected chi connectivity index (χ3v) is 2.92. The summed E-state index contributed by atoms with van der Waals surface area (Å²) in [5.41, 5.74) is 1.70. The Balaban J connectivity index is 0.000000514. The molecule has 4 nitrogen and oxygen atoms in total. The molecule has 1 aromatic carbocycles. The second kappa shape index (κ2) is 4.28. The van der Waals surface area contributed by atoms with Gasteiger partial charge in [0.05, 0.1) is 0 Å². The fourth-order valence-corrected chi connectivity index (χ4v) is 2.10. The van der Waals surface area contributed by atoms with E-state index in [9.17, 15) is 4.79 Å². The fraction of sp³-hybridized carbons (Fsp3) is 0.462. The highest BCUT2D eigenvalue weighted by atomic mass is 16.6. The van der Waals surface area contributed by atoms with E-state index in [1.807, 2.05) is 39.0 Å². The molecule has 17 heavy (non-hydrogen) atoms. The first-order chi connectivity index (χ1) is 8.20. The summed E-state index contributed by atoms with van der Waals surface area (Å²) in [7, 11) is 0. The van der Waals surface area contributed by atoms with Crippen molar-refractivity contribution in [1.29, 1.82) is 0 Å². The number of alkyl carbamates (subject to hydrolysis) is 1. The number of hydrogen-bond acceptors (Lipinski definition) is 3. The quantitative estimate of drug-likeness (QED) is 0.751. The summed E-state index contributed by atoms with van der Waals surface area (Å²) in [6.07, 6.45) is -0.368. The molecule has 1 spiro atoms. The van der Waals surface area contributed by atoms with Crippen LogP contribution in [0.15, 0.2) is 18.2 Å². The Morgan fingerprint density at radius 2 is 1.94 bits per heavy atom. The van der Waals surface area contributed by atoms with Crippen LogP contribution in [0.2, 0.25) is 0 Å². The van der Waals surface area contributed by atoms with Crippen LogP contribution in [-0.4, -0.2) is 19.3 Å². The van der Waals surface area contributed by atoms with Gasteiger partial charge >= 0.3 is 6.09 Å². The van der Waals surface area contributed by atoms with Crippen molar-refractivity contribution in [3.05, 3.63) is 29.3 Å². The Kier molecular flexibility index (Phi) is 2.96. The van der Waals surface area contributed by atoms with Crippen molar-refractivity contribution < 1.29 is 14.3 Å². The summed E-state index contributed by atoms with van der Waals surface area (Å²) in [6.45, 7) is 6.82. The molecular formula is C13H17NO3. The number of ether oxygens (including phenoxy) is 2. The zero-order chi connectivity index (χ0) is 12.5. The average Bonchev–Trinajstić information content (AvgIpc) is 2.87. The van der Waals surface area contributed by atoms with Gasteiger partial charge in [0.15, 0.2) is 0 Å². The van der Waals surface area contributed by atoms with Crippen LogP contribution in [-0.2, 0) is 10.3 Å².